The van der Waals surface area contributed by atoms with Gasteiger partial charge in [0.1, 0.15) is 6.61 Å². The molecule has 0 radical (unpaired) electrons. The van der Waals surface area contributed by atoms with E-state index >= 15 is 0 Å². The maximum Gasteiger partial charge on any atom is 0.323 e. The van der Waals surface area contributed by atoms with Gasteiger partial charge in [-0.2, -0.15) is 0 Å². The molecule has 4 amide bonds. The topological polar surface area (TPSA) is 97.0 Å². The number of carbonyl (C=O) groups excluding carboxylic acids is 3. The van der Waals surface area contributed by atoms with Crippen molar-refractivity contribution in [2.24, 2.45) is 0 Å². The number of hydrogen-bond acceptors (Lipinski definition) is 5. The molecule has 0 bridgehead atoms. The van der Waals surface area contributed by atoms with E-state index in [4.69, 9.17) is 9.47 Å². The Bertz CT molecular complexity index is 990. The van der Waals surface area contributed by atoms with Crippen LogP contribution in [0.25, 0.3) is 0 Å². The van der Waals surface area contributed by atoms with Crippen LogP contribution in [0.1, 0.15) is 11.1 Å². The molecule has 8 nitrogen and oxygen atoms in total. The third-order valence-corrected chi connectivity index (χ3v) is 4.92. The van der Waals surface area contributed by atoms with E-state index < -0.39 is 23.4 Å². The molecule has 1 saturated heterocycles. The lowest BCUT2D eigenvalue weighted by Crippen LogP contribution is -2.52. The molecule has 0 saturated carbocycles. The largest absolute Gasteiger partial charge is 0.493 e. The van der Waals surface area contributed by atoms with E-state index in [0.717, 1.165) is 5.56 Å². The number of nitrogens with one attached hydrogen (secondary N) is 2. The molecule has 2 aliphatic rings. The number of carbonyl (C=O) groups is 3. The zero-order valence-electron chi connectivity index (χ0n) is 15.4. The van der Waals surface area contributed by atoms with E-state index in [2.05, 4.69) is 10.6 Å². The third-order valence-electron chi connectivity index (χ3n) is 4.92. The molecule has 0 aliphatic carbocycles. The quantitative estimate of drug-likeness (QED) is 0.604. The Morgan fingerprint density at radius 2 is 1.82 bits per heavy atom. The Morgan fingerprint density at radius 1 is 1.07 bits per heavy atom. The number of aryl methyl sites for hydroxylation is 1. The second-order valence-electron chi connectivity index (χ2n) is 6.63. The molecule has 2 N–H and O–H groups in total. The van der Waals surface area contributed by atoms with E-state index in [9.17, 15) is 14.4 Å². The first-order valence-corrected chi connectivity index (χ1v) is 8.80. The van der Waals surface area contributed by atoms with Crippen molar-refractivity contribution in [3.8, 4) is 11.5 Å². The van der Waals surface area contributed by atoms with Crippen molar-refractivity contribution in [3.63, 3.8) is 0 Å². The fourth-order valence-corrected chi connectivity index (χ4v) is 3.61. The fraction of sp³-hybridized carbons (Fsp3) is 0.250. The van der Waals surface area contributed by atoms with Gasteiger partial charge in [-0.1, -0.05) is 29.8 Å². The highest BCUT2D eigenvalue weighted by molar-refractivity contribution is 6.27. The van der Waals surface area contributed by atoms with E-state index in [1.807, 2.05) is 25.1 Å². The van der Waals surface area contributed by atoms with E-state index in [1.54, 1.807) is 31.4 Å². The monoisotopic (exact) mass is 381 g/mol. The molecule has 144 valence electrons. The number of urea groups is 1. The Balaban J connectivity index is 1.61. The summed E-state index contributed by atoms with van der Waals surface area (Å²) in [5.74, 6) is -0.0184. The molecular weight excluding hydrogens is 362 g/mol. The average molecular weight is 381 g/mol. The number of rotatable bonds is 5. The van der Waals surface area contributed by atoms with Crippen LogP contribution < -0.4 is 25.0 Å². The van der Waals surface area contributed by atoms with E-state index in [1.165, 1.54) is 4.90 Å². The summed E-state index contributed by atoms with van der Waals surface area (Å²) in [7, 11) is 1.55. The van der Waals surface area contributed by atoms with E-state index in [-0.39, 0.29) is 13.2 Å². The standard InChI is InChI=1S/C20H19N3O5/c1-12-7-8-14-13(11-12)20(17(24)21-19(26)22-20)18(25)23(14)9-10-28-16-6-4-3-5-15(16)27-2/h3-8,11H,9-10H2,1-2H3,(H2,21,22,24,26). The van der Waals surface area contributed by atoms with Crippen LogP contribution in [-0.4, -0.2) is 38.1 Å². The summed E-state index contributed by atoms with van der Waals surface area (Å²) < 4.78 is 11.0. The molecule has 8 heteroatoms. The average Bonchev–Trinajstić information content (AvgIpc) is 3.11. The lowest BCUT2D eigenvalue weighted by atomic mass is 9.90. The Morgan fingerprint density at radius 3 is 2.50 bits per heavy atom. The summed E-state index contributed by atoms with van der Waals surface area (Å²) in [5, 5.41) is 4.69. The SMILES string of the molecule is COc1ccccc1OCCN1C(=O)C2(NC(=O)NC2=O)c2cc(C)ccc21. The highest BCUT2D eigenvalue weighted by Crippen LogP contribution is 2.42. The van der Waals surface area contributed by atoms with Gasteiger partial charge in [0.15, 0.2) is 11.5 Å². The van der Waals surface area contributed by atoms with Gasteiger partial charge in [-0.05, 0) is 25.1 Å². The molecule has 2 heterocycles. The predicted octanol–water partition coefficient (Wildman–Crippen LogP) is 1.46. The van der Waals surface area contributed by atoms with Crippen LogP contribution in [0, 0.1) is 6.92 Å². The van der Waals surface area contributed by atoms with Gasteiger partial charge in [0, 0.05) is 5.56 Å². The molecule has 2 aromatic rings. The first-order valence-electron chi connectivity index (χ1n) is 8.80. The zero-order valence-corrected chi connectivity index (χ0v) is 15.4. The molecule has 2 aromatic carbocycles. The van der Waals surface area contributed by atoms with Gasteiger partial charge in [0.2, 0.25) is 5.54 Å². The lowest BCUT2D eigenvalue weighted by Gasteiger charge is -2.21. The van der Waals surface area contributed by atoms with Gasteiger partial charge in [-0.15, -0.1) is 0 Å². The maximum absolute atomic E-state index is 13.2. The first kappa shape index (κ1) is 17.8. The van der Waals surface area contributed by atoms with Crippen molar-refractivity contribution < 1.29 is 23.9 Å². The molecule has 28 heavy (non-hydrogen) atoms. The van der Waals surface area contributed by atoms with Crippen molar-refractivity contribution in [1.82, 2.24) is 10.6 Å². The van der Waals surface area contributed by atoms with Gasteiger partial charge in [0.25, 0.3) is 11.8 Å². The minimum Gasteiger partial charge on any atom is -0.493 e. The van der Waals surface area contributed by atoms with Crippen molar-refractivity contribution in [2.75, 3.05) is 25.2 Å². The number of ether oxygens (including phenoxy) is 2. The number of imide groups is 1. The molecule has 0 aromatic heterocycles. The van der Waals surface area contributed by atoms with E-state index in [0.29, 0.717) is 22.7 Å². The second-order valence-corrected chi connectivity index (χ2v) is 6.63. The molecule has 2 aliphatic heterocycles. The van der Waals surface area contributed by atoms with Gasteiger partial charge >= 0.3 is 6.03 Å². The summed E-state index contributed by atoms with van der Waals surface area (Å²) in [5.41, 5.74) is 0.213. The van der Waals surface area contributed by atoms with Crippen LogP contribution in [0.15, 0.2) is 42.5 Å². The minimum atomic E-state index is -1.72. The minimum absolute atomic E-state index is 0.186. The molecule has 1 unspecified atom stereocenters. The highest BCUT2D eigenvalue weighted by Gasteiger charge is 2.61. The van der Waals surface area contributed by atoms with Crippen LogP contribution in [0.2, 0.25) is 0 Å². The summed E-state index contributed by atoms with van der Waals surface area (Å²) in [6.07, 6.45) is 0. The van der Waals surface area contributed by atoms with Crippen LogP contribution in [-0.2, 0) is 15.1 Å². The first-order chi connectivity index (χ1) is 13.5. The summed E-state index contributed by atoms with van der Waals surface area (Å²) in [4.78, 5) is 39.0. The molecule has 1 atom stereocenters. The zero-order chi connectivity index (χ0) is 19.9. The summed E-state index contributed by atoms with van der Waals surface area (Å²) in [6, 6.07) is 11.9. The van der Waals surface area contributed by atoms with Crippen LogP contribution in [0.5, 0.6) is 11.5 Å². The number of benzene rings is 2. The summed E-state index contributed by atoms with van der Waals surface area (Å²) >= 11 is 0. The van der Waals surface area contributed by atoms with Crippen molar-refractivity contribution in [1.29, 1.82) is 0 Å². The molecule has 4 rings (SSSR count). The maximum atomic E-state index is 13.2. The Hall–Kier alpha value is -3.55. The smallest absolute Gasteiger partial charge is 0.323 e. The van der Waals surface area contributed by atoms with Crippen LogP contribution in [0.3, 0.4) is 0 Å². The normalized spacial score (nSPS) is 20.2. The summed E-state index contributed by atoms with van der Waals surface area (Å²) in [6.45, 7) is 2.25. The van der Waals surface area contributed by atoms with Gasteiger partial charge in [-0.25, -0.2) is 4.79 Å². The molecule has 1 fully saturated rings. The second kappa shape index (κ2) is 6.56. The van der Waals surface area contributed by atoms with Crippen LogP contribution >= 0.6 is 0 Å². The third kappa shape index (κ3) is 2.57. The number of para-hydroxylation sites is 2. The van der Waals surface area contributed by atoms with Gasteiger partial charge in [0.05, 0.1) is 19.3 Å². The number of methoxy groups -OCH3 is 1. The van der Waals surface area contributed by atoms with Gasteiger partial charge in [-0.3, -0.25) is 14.9 Å². The van der Waals surface area contributed by atoms with Crippen LogP contribution in [0.4, 0.5) is 10.5 Å². The number of fused-ring (bicyclic) bond motifs is 2. The molecule has 1 spiro atoms. The molecular formula is C20H19N3O5. The van der Waals surface area contributed by atoms with Crippen molar-refractivity contribution >= 4 is 23.5 Å². The van der Waals surface area contributed by atoms with Crippen molar-refractivity contribution in [3.05, 3.63) is 53.6 Å². The Kier molecular flexibility index (Phi) is 4.18. The Labute approximate surface area is 161 Å². The van der Waals surface area contributed by atoms with Crippen molar-refractivity contribution in [2.45, 2.75) is 12.5 Å². The number of hydrogen-bond donors (Lipinski definition) is 2. The number of amides is 4. The van der Waals surface area contributed by atoms with Gasteiger partial charge < -0.3 is 19.7 Å². The fourth-order valence-electron chi connectivity index (χ4n) is 3.61. The number of nitrogens with zero attached hydrogens (tertiary/aromatic N) is 1. The predicted molar refractivity (Wildman–Crippen MR) is 100 cm³/mol. The highest BCUT2D eigenvalue weighted by atomic mass is 16.5. The number of anilines is 1. The lowest BCUT2D eigenvalue weighted by molar-refractivity contribution is -0.134.